The number of hydrogen-bond donors (Lipinski definition) is 1. The topological polar surface area (TPSA) is 29.1 Å². The van der Waals surface area contributed by atoms with Crippen LogP contribution in [0.1, 0.15) is 28.6 Å². The third kappa shape index (κ3) is 5.05. The molecule has 0 saturated carbocycles. The first kappa shape index (κ1) is 16.5. The van der Waals surface area contributed by atoms with Gasteiger partial charge in [-0.2, -0.15) is 0 Å². The molecular weight excluding hydrogens is 322 g/mol. The molecule has 23 heavy (non-hydrogen) atoms. The summed E-state index contributed by atoms with van der Waals surface area (Å²) in [6.45, 7) is 0. The quantitative estimate of drug-likeness (QED) is 0.816. The molecule has 0 radical (unpaired) electrons. The van der Waals surface area contributed by atoms with Crippen LogP contribution in [0.25, 0.3) is 0 Å². The van der Waals surface area contributed by atoms with Crippen LogP contribution in [-0.4, -0.2) is 17.4 Å². The number of thioether (sulfide) groups is 2. The lowest BCUT2D eigenvalue weighted by Crippen LogP contribution is -2.12. The number of benzene rings is 2. The Kier molecular flexibility index (Phi) is 6.06. The maximum Gasteiger partial charge on any atom is 0.224 e. The molecule has 0 spiro atoms. The van der Waals surface area contributed by atoms with E-state index in [0.29, 0.717) is 11.0 Å². The van der Waals surface area contributed by atoms with Crippen LogP contribution in [0.4, 0.5) is 5.69 Å². The summed E-state index contributed by atoms with van der Waals surface area (Å²) in [5.74, 6) is 2.53. The predicted octanol–water partition coefficient (Wildman–Crippen LogP) is 5.13. The van der Waals surface area contributed by atoms with E-state index in [1.54, 1.807) is 0 Å². The number of rotatable bonds is 5. The van der Waals surface area contributed by atoms with Crippen LogP contribution in [0.15, 0.2) is 54.6 Å². The minimum absolute atomic E-state index is 0.0787. The van der Waals surface area contributed by atoms with E-state index in [1.165, 1.54) is 29.1 Å². The van der Waals surface area contributed by atoms with E-state index in [-0.39, 0.29) is 5.91 Å². The van der Waals surface area contributed by atoms with Crippen LogP contribution in [0, 0.1) is 0 Å². The number of carbonyl (C=O) groups is 1. The zero-order valence-electron chi connectivity index (χ0n) is 13.0. The van der Waals surface area contributed by atoms with Gasteiger partial charge in [0.25, 0.3) is 0 Å². The van der Waals surface area contributed by atoms with Crippen molar-refractivity contribution in [1.29, 1.82) is 0 Å². The largest absolute Gasteiger partial charge is 0.326 e. The van der Waals surface area contributed by atoms with Crippen molar-refractivity contribution in [2.45, 2.75) is 23.8 Å². The summed E-state index contributed by atoms with van der Waals surface area (Å²) in [4.78, 5) is 12.2. The highest BCUT2D eigenvalue weighted by atomic mass is 32.2. The van der Waals surface area contributed by atoms with Crippen LogP contribution in [0.3, 0.4) is 0 Å². The summed E-state index contributed by atoms with van der Waals surface area (Å²) in [5, 5.41) is 3.03. The van der Waals surface area contributed by atoms with Gasteiger partial charge in [0.2, 0.25) is 5.91 Å². The molecule has 0 aromatic heterocycles. The molecule has 120 valence electrons. The lowest BCUT2D eigenvalue weighted by molar-refractivity contribution is -0.116. The smallest absolute Gasteiger partial charge is 0.224 e. The lowest BCUT2D eigenvalue weighted by atomic mass is 10.1. The van der Waals surface area contributed by atoms with E-state index in [1.807, 2.05) is 53.9 Å². The summed E-state index contributed by atoms with van der Waals surface area (Å²) < 4.78 is 0.505. The average Bonchev–Trinajstić information content (AvgIpc) is 2.62. The van der Waals surface area contributed by atoms with Gasteiger partial charge in [0.1, 0.15) is 0 Å². The normalized spacial score (nSPS) is 15.3. The number of aryl methyl sites for hydroxylation is 1. The van der Waals surface area contributed by atoms with E-state index in [9.17, 15) is 4.79 Å². The summed E-state index contributed by atoms with van der Waals surface area (Å²) >= 11 is 4.00. The molecule has 1 aliphatic rings. The SMILES string of the molecule is O=C(CCc1ccccc1)Nc1cccc(C2SCCCS2)c1. The first-order valence-electron chi connectivity index (χ1n) is 7.98. The molecule has 3 rings (SSSR count). The van der Waals surface area contributed by atoms with Gasteiger partial charge >= 0.3 is 0 Å². The fraction of sp³-hybridized carbons (Fsp3) is 0.316. The van der Waals surface area contributed by atoms with Gasteiger partial charge in [-0.15, -0.1) is 23.5 Å². The summed E-state index contributed by atoms with van der Waals surface area (Å²) in [7, 11) is 0. The van der Waals surface area contributed by atoms with Gasteiger partial charge in [0.05, 0.1) is 4.58 Å². The zero-order valence-corrected chi connectivity index (χ0v) is 14.7. The Bertz CT molecular complexity index is 639. The minimum atomic E-state index is 0.0787. The number of hydrogen-bond acceptors (Lipinski definition) is 3. The first-order chi connectivity index (χ1) is 11.3. The van der Waals surface area contributed by atoms with Crippen molar-refractivity contribution in [2.75, 3.05) is 16.8 Å². The van der Waals surface area contributed by atoms with Gasteiger partial charge < -0.3 is 5.32 Å². The average molecular weight is 344 g/mol. The maximum absolute atomic E-state index is 12.2. The van der Waals surface area contributed by atoms with Crippen molar-refractivity contribution >= 4 is 35.1 Å². The van der Waals surface area contributed by atoms with E-state index in [2.05, 4.69) is 29.6 Å². The second kappa shape index (κ2) is 8.46. The standard InChI is InChI=1S/C19H21NOS2/c21-18(11-10-15-6-2-1-3-7-15)20-17-9-4-8-16(14-17)19-22-12-5-13-23-19/h1-4,6-9,14,19H,5,10-13H2,(H,20,21). The highest BCUT2D eigenvalue weighted by Gasteiger charge is 2.16. The van der Waals surface area contributed by atoms with Crippen molar-refractivity contribution < 1.29 is 4.79 Å². The molecule has 2 aromatic carbocycles. The molecule has 0 atom stereocenters. The number of amides is 1. The van der Waals surface area contributed by atoms with Gasteiger partial charge in [-0.05, 0) is 47.6 Å². The predicted molar refractivity (Wildman–Crippen MR) is 102 cm³/mol. The van der Waals surface area contributed by atoms with Gasteiger partial charge in [0.15, 0.2) is 0 Å². The van der Waals surface area contributed by atoms with Crippen molar-refractivity contribution in [3.63, 3.8) is 0 Å². The highest BCUT2D eigenvalue weighted by molar-refractivity contribution is 8.16. The summed E-state index contributed by atoms with van der Waals surface area (Å²) in [5.41, 5.74) is 3.42. The molecule has 1 aliphatic heterocycles. The Morgan fingerprint density at radius 2 is 1.83 bits per heavy atom. The van der Waals surface area contributed by atoms with Gasteiger partial charge in [-0.25, -0.2) is 0 Å². The Balaban J connectivity index is 1.55. The Labute approximate surface area is 146 Å². The zero-order chi connectivity index (χ0) is 15.9. The molecule has 1 fully saturated rings. The molecule has 2 nitrogen and oxygen atoms in total. The molecule has 0 unspecified atom stereocenters. The van der Waals surface area contributed by atoms with Crippen molar-refractivity contribution in [3.05, 3.63) is 65.7 Å². The Morgan fingerprint density at radius 1 is 1.04 bits per heavy atom. The minimum Gasteiger partial charge on any atom is -0.326 e. The number of carbonyl (C=O) groups excluding carboxylic acids is 1. The third-order valence-electron chi connectivity index (χ3n) is 3.75. The first-order valence-corrected chi connectivity index (χ1v) is 10.1. The Hall–Kier alpha value is -1.39. The molecule has 4 heteroatoms. The molecule has 1 N–H and O–H groups in total. The van der Waals surface area contributed by atoms with Crippen LogP contribution in [0.5, 0.6) is 0 Å². The van der Waals surface area contributed by atoms with Gasteiger partial charge in [0, 0.05) is 12.1 Å². The molecule has 1 amide bonds. The van der Waals surface area contributed by atoms with Crippen LogP contribution in [-0.2, 0) is 11.2 Å². The molecule has 1 heterocycles. The number of anilines is 1. The molecule has 1 saturated heterocycles. The van der Waals surface area contributed by atoms with E-state index >= 15 is 0 Å². The van der Waals surface area contributed by atoms with Crippen molar-refractivity contribution in [3.8, 4) is 0 Å². The van der Waals surface area contributed by atoms with Crippen LogP contribution >= 0.6 is 23.5 Å². The second-order valence-electron chi connectivity index (χ2n) is 5.59. The fourth-order valence-electron chi connectivity index (χ4n) is 2.57. The van der Waals surface area contributed by atoms with E-state index in [0.717, 1.165) is 12.1 Å². The van der Waals surface area contributed by atoms with E-state index < -0.39 is 0 Å². The van der Waals surface area contributed by atoms with Crippen LogP contribution in [0.2, 0.25) is 0 Å². The molecule has 0 aliphatic carbocycles. The fourth-order valence-corrected chi connectivity index (χ4v) is 5.44. The highest BCUT2D eigenvalue weighted by Crippen LogP contribution is 2.44. The number of nitrogens with one attached hydrogen (secondary N) is 1. The summed E-state index contributed by atoms with van der Waals surface area (Å²) in [6.07, 6.45) is 2.59. The van der Waals surface area contributed by atoms with Crippen LogP contribution < -0.4 is 5.32 Å². The molecular formula is C19H21NOS2. The Morgan fingerprint density at radius 3 is 2.61 bits per heavy atom. The monoisotopic (exact) mass is 343 g/mol. The lowest BCUT2D eigenvalue weighted by Gasteiger charge is -2.21. The summed E-state index contributed by atoms with van der Waals surface area (Å²) in [6, 6.07) is 18.4. The maximum atomic E-state index is 12.2. The van der Waals surface area contributed by atoms with Crippen molar-refractivity contribution in [1.82, 2.24) is 0 Å². The molecule has 2 aromatic rings. The molecule has 0 bridgehead atoms. The van der Waals surface area contributed by atoms with Crippen molar-refractivity contribution in [2.24, 2.45) is 0 Å². The van der Waals surface area contributed by atoms with Gasteiger partial charge in [-0.3, -0.25) is 4.79 Å². The van der Waals surface area contributed by atoms with E-state index in [4.69, 9.17) is 0 Å². The third-order valence-corrected chi connectivity index (χ3v) is 6.77. The second-order valence-corrected chi connectivity index (χ2v) is 8.31. The van der Waals surface area contributed by atoms with Gasteiger partial charge in [-0.1, -0.05) is 42.5 Å².